The van der Waals surface area contributed by atoms with E-state index in [0.29, 0.717) is 5.82 Å². The normalized spacial score (nSPS) is 20.0. The zero-order valence-corrected chi connectivity index (χ0v) is 18.2. The number of rotatable bonds is 7. The fourth-order valence-electron chi connectivity index (χ4n) is 3.56. The minimum absolute atomic E-state index is 0.00810. The number of likely N-dealkylation sites (N-methyl/N-ethyl adjacent to an activating group) is 2. The SMILES string of the molecule is C\C=C(F)/C(=C\C(=C\CC)C(F)(F)F)C/C=C1/C(N(C)c2ccc(F)cn2)CCN1C. The number of allylic oxidation sites excluding steroid dienone is 7. The summed E-state index contributed by atoms with van der Waals surface area (Å²) < 4.78 is 67.5. The zero-order valence-electron chi connectivity index (χ0n) is 18.2. The highest BCUT2D eigenvalue weighted by Crippen LogP contribution is 2.32. The topological polar surface area (TPSA) is 19.4 Å². The molecule has 0 N–H and O–H groups in total. The van der Waals surface area contributed by atoms with Crippen molar-refractivity contribution in [2.45, 2.75) is 45.3 Å². The minimum Gasteiger partial charge on any atom is -0.376 e. The summed E-state index contributed by atoms with van der Waals surface area (Å²) in [5.41, 5.74) is -0.0329. The van der Waals surface area contributed by atoms with Crippen LogP contribution in [-0.2, 0) is 0 Å². The van der Waals surface area contributed by atoms with Crippen LogP contribution in [0.2, 0.25) is 0 Å². The molecule has 0 aromatic carbocycles. The Morgan fingerprint density at radius 3 is 2.58 bits per heavy atom. The number of likely N-dealkylation sites (tertiary alicyclic amines) is 1. The van der Waals surface area contributed by atoms with Gasteiger partial charge in [0.15, 0.2) is 0 Å². The van der Waals surface area contributed by atoms with E-state index in [0.717, 1.165) is 43.1 Å². The van der Waals surface area contributed by atoms with Crippen LogP contribution in [0.4, 0.5) is 27.8 Å². The molecule has 1 aliphatic rings. The largest absolute Gasteiger partial charge is 0.416 e. The highest BCUT2D eigenvalue weighted by Gasteiger charge is 2.33. The van der Waals surface area contributed by atoms with Gasteiger partial charge in [-0.2, -0.15) is 13.2 Å². The van der Waals surface area contributed by atoms with Crippen LogP contribution in [0.25, 0.3) is 0 Å². The summed E-state index contributed by atoms with van der Waals surface area (Å²) in [6, 6.07) is 2.79. The van der Waals surface area contributed by atoms with Gasteiger partial charge >= 0.3 is 6.18 Å². The van der Waals surface area contributed by atoms with Crippen molar-refractivity contribution < 1.29 is 22.0 Å². The molecule has 8 heteroatoms. The standard InChI is InChI=1S/C23H28F5N3/c1-5-7-17(23(26,27)28)14-16(19(25)6-2)8-10-20-21(12-13-30(20)3)31(4)22-11-9-18(24)15-29-22/h6-7,9-11,14-15,21H,5,8,12-13H2,1-4H3/b16-14-,17-7-,19-6+,20-10-. The van der Waals surface area contributed by atoms with E-state index >= 15 is 0 Å². The lowest BCUT2D eigenvalue weighted by molar-refractivity contribution is -0.0884. The predicted molar refractivity (Wildman–Crippen MR) is 114 cm³/mol. The second kappa shape index (κ2) is 10.6. The number of pyridine rings is 1. The Labute approximate surface area is 180 Å². The first-order valence-electron chi connectivity index (χ1n) is 10.1. The van der Waals surface area contributed by atoms with E-state index in [1.54, 1.807) is 19.1 Å². The molecule has 31 heavy (non-hydrogen) atoms. The maximum Gasteiger partial charge on any atom is 0.416 e. The summed E-state index contributed by atoms with van der Waals surface area (Å²) in [6.45, 7) is 3.78. The lowest BCUT2D eigenvalue weighted by Gasteiger charge is -2.28. The van der Waals surface area contributed by atoms with Crippen LogP contribution in [-0.4, -0.2) is 42.7 Å². The fourth-order valence-corrected chi connectivity index (χ4v) is 3.56. The molecule has 2 rings (SSSR count). The molecule has 0 bridgehead atoms. The van der Waals surface area contributed by atoms with Gasteiger partial charge in [-0.25, -0.2) is 13.8 Å². The van der Waals surface area contributed by atoms with Crippen molar-refractivity contribution in [1.82, 2.24) is 9.88 Å². The Morgan fingerprint density at radius 1 is 1.32 bits per heavy atom. The quantitative estimate of drug-likeness (QED) is 0.364. The maximum atomic E-state index is 14.4. The molecular weight excluding hydrogens is 413 g/mol. The number of alkyl halides is 3. The molecule has 1 unspecified atom stereocenters. The van der Waals surface area contributed by atoms with Gasteiger partial charge in [-0.1, -0.05) is 25.2 Å². The molecule has 0 aliphatic carbocycles. The van der Waals surface area contributed by atoms with Crippen LogP contribution in [0, 0.1) is 5.82 Å². The van der Waals surface area contributed by atoms with E-state index in [1.165, 1.54) is 13.0 Å². The summed E-state index contributed by atoms with van der Waals surface area (Å²) in [6.07, 6.45) is 2.39. The van der Waals surface area contributed by atoms with Crippen molar-refractivity contribution in [2.24, 2.45) is 0 Å². The first-order valence-corrected chi connectivity index (χ1v) is 10.1. The van der Waals surface area contributed by atoms with E-state index in [-0.39, 0.29) is 24.5 Å². The lowest BCUT2D eigenvalue weighted by Crippen LogP contribution is -2.33. The second-order valence-corrected chi connectivity index (χ2v) is 7.38. The van der Waals surface area contributed by atoms with Crippen LogP contribution >= 0.6 is 0 Å². The molecular formula is C23H28F5N3. The first-order chi connectivity index (χ1) is 14.6. The van der Waals surface area contributed by atoms with Crippen molar-refractivity contribution in [3.8, 4) is 0 Å². The van der Waals surface area contributed by atoms with E-state index in [9.17, 15) is 22.0 Å². The van der Waals surface area contributed by atoms with Gasteiger partial charge in [0.2, 0.25) is 0 Å². The maximum absolute atomic E-state index is 14.4. The Kier molecular flexibility index (Phi) is 8.42. The van der Waals surface area contributed by atoms with E-state index in [4.69, 9.17) is 0 Å². The summed E-state index contributed by atoms with van der Waals surface area (Å²) in [4.78, 5) is 7.98. The monoisotopic (exact) mass is 441 g/mol. The van der Waals surface area contributed by atoms with Crippen LogP contribution in [0.5, 0.6) is 0 Å². The average molecular weight is 441 g/mol. The molecule has 0 saturated carbocycles. The van der Waals surface area contributed by atoms with E-state index in [1.807, 2.05) is 23.9 Å². The summed E-state index contributed by atoms with van der Waals surface area (Å²) >= 11 is 0. The van der Waals surface area contributed by atoms with Gasteiger partial charge in [-0.3, -0.25) is 0 Å². The summed E-state index contributed by atoms with van der Waals surface area (Å²) in [5, 5.41) is 0. The number of aromatic nitrogens is 1. The highest BCUT2D eigenvalue weighted by molar-refractivity contribution is 5.43. The van der Waals surface area contributed by atoms with Crippen molar-refractivity contribution in [3.63, 3.8) is 0 Å². The second-order valence-electron chi connectivity index (χ2n) is 7.38. The van der Waals surface area contributed by atoms with Gasteiger partial charge < -0.3 is 9.80 Å². The Hall–Kier alpha value is -2.64. The third-order valence-electron chi connectivity index (χ3n) is 5.23. The van der Waals surface area contributed by atoms with Gasteiger partial charge in [0.1, 0.15) is 17.5 Å². The summed E-state index contributed by atoms with van der Waals surface area (Å²) in [5.74, 6) is -0.546. The molecule has 3 nitrogen and oxygen atoms in total. The van der Waals surface area contributed by atoms with Crippen LogP contribution in [0.1, 0.15) is 33.1 Å². The van der Waals surface area contributed by atoms with Gasteiger partial charge in [-0.05, 0) is 50.0 Å². The van der Waals surface area contributed by atoms with Crippen molar-refractivity contribution in [1.29, 1.82) is 0 Å². The van der Waals surface area contributed by atoms with Gasteiger partial charge in [0.05, 0.1) is 17.8 Å². The van der Waals surface area contributed by atoms with Crippen molar-refractivity contribution >= 4 is 5.82 Å². The molecule has 0 radical (unpaired) electrons. The Bertz CT molecular complexity index is 866. The third kappa shape index (κ3) is 6.42. The molecule has 1 fully saturated rings. The van der Waals surface area contributed by atoms with Crippen LogP contribution in [0.3, 0.4) is 0 Å². The molecule has 1 aromatic rings. The van der Waals surface area contributed by atoms with Gasteiger partial charge in [0.25, 0.3) is 0 Å². The number of hydrogen-bond donors (Lipinski definition) is 0. The van der Waals surface area contributed by atoms with E-state index < -0.39 is 23.4 Å². The minimum atomic E-state index is -4.55. The number of halogens is 5. The third-order valence-corrected chi connectivity index (χ3v) is 5.23. The molecule has 2 heterocycles. The first kappa shape index (κ1) is 24.6. The zero-order chi connectivity index (χ0) is 23.2. The van der Waals surface area contributed by atoms with Gasteiger partial charge in [-0.15, -0.1) is 0 Å². The molecule has 0 spiro atoms. The molecule has 170 valence electrons. The lowest BCUT2D eigenvalue weighted by atomic mass is 10.0. The fraction of sp³-hybridized carbons (Fsp3) is 0.435. The molecule has 1 saturated heterocycles. The number of anilines is 1. The van der Waals surface area contributed by atoms with Crippen LogP contribution < -0.4 is 4.90 Å². The Morgan fingerprint density at radius 2 is 2.03 bits per heavy atom. The van der Waals surface area contributed by atoms with Crippen molar-refractivity contribution in [3.05, 3.63) is 71.1 Å². The molecule has 0 amide bonds. The van der Waals surface area contributed by atoms with Crippen LogP contribution in [0.15, 0.2) is 65.3 Å². The smallest absolute Gasteiger partial charge is 0.376 e. The number of nitrogens with zero attached hydrogens (tertiary/aromatic N) is 3. The molecule has 1 aromatic heterocycles. The molecule has 1 aliphatic heterocycles. The van der Waals surface area contributed by atoms with E-state index in [2.05, 4.69) is 4.98 Å². The summed E-state index contributed by atoms with van der Waals surface area (Å²) in [7, 11) is 3.71. The Balaban J connectivity index is 2.35. The average Bonchev–Trinajstić information content (AvgIpc) is 3.09. The number of hydrogen-bond acceptors (Lipinski definition) is 3. The highest BCUT2D eigenvalue weighted by atomic mass is 19.4. The predicted octanol–water partition coefficient (Wildman–Crippen LogP) is 6.33. The van der Waals surface area contributed by atoms with Gasteiger partial charge in [0, 0.05) is 26.3 Å². The molecule has 1 atom stereocenters. The van der Waals surface area contributed by atoms with Crippen molar-refractivity contribution in [2.75, 3.05) is 25.5 Å².